The van der Waals surface area contributed by atoms with E-state index in [1.165, 1.54) is 36.4 Å². The number of para-hydroxylation sites is 2. The van der Waals surface area contributed by atoms with E-state index in [-0.39, 0.29) is 16.1 Å². The summed E-state index contributed by atoms with van der Waals surface area (Å²) >= 11 is 5.80. The fourth-order valence-electron chi connectivity index (χ4n) is 2.31. The smallest absolute Gasteiger partial charge is 0.271 e. The highest BCUT2D eigenvalue weighted by Gasteiger charge is 2.18. The van der Waals surface area contributed by atoms with Gasteiger partial charge >= 0.3 is 0 Å². The molecular weight excluding hydrogens is 386 g/mol. The van der Waals surface area contributed by atoms with Gasteiger partial charge in [0.2, 0.25) is 0 Å². The van der Waals surface area contributed by atoms with Gasteiger partial charge in [0.15, 0.2) is 0 Å². The van der Waals surface area contributed by atoms with Crippen LogP contribution in [0.4, 0.5) is 11.4 Å². The molecule has 1 amide bonds. The van der Waals surface area contributed by atoms with Gasteiger partial charge in [-0.15, -0.1) is 0 Å². The van der Waals surface area contributed by atoms with Crippen molar-refractivity contribution in [3.63, 3.8) is 0 Å². The zero-order valence-corrected chi connectivity index (χ0v) is 15.6. The van der Waals surface area contributed by atoms with Crippen molar-refractivity contribution in [3.8, 4) is 0 Å². The van der Waals surface area contributed by atoms with Gasteiger partial charge < -0.3 is 0 Å². The van der Waals surface area contributed by atoms with Gasteiger partial charge in [-0.1, -0.05) is 41.9 Å². The molecule has 3 aromatic rings. The first-order valence-corrected chi connectivity index (χ1v) is 9.81. The van der Waals surface area contributed by atoms with Gasteiger partial charge in [-0.25, -0.2) is 8.42 Å². The van der Waals surface area contributed by atoms with Gasteiger partial charge in [0, 0.05) is 5.02 Å². The van der Waals surface area contributed by atoms with Crippen molar-refractivity contribution in [1.29, 1.82) is 0 Å². The number of hydrogen-bond acceptors (Lipinski definition) is 4. The Balaban J connectivity index is 1.79. The first kappa shape index (κ1) is 18.8. The van der Waals surface area contributed by atoms with Crippen molar-refractivity contribution >= 4 is 38.9 Å². The number of halogens is 1. The fraction of sp³-hybridized carbons (Fsp3) is 0. The maximum absolute atomic E-state index is 12.6. The molecule has 27 heavy (non-hydrogen) atoms. The zero-order chi connectivity index (χ0) is 19.3. The van der Waals surface area contributed by atoms with E-state index < -0.39 is 15.9 Å². The van der Waals surface area contributed by atoms with Crippen LogP contribution in [0.3, 0.4) is 0 Å². The first-order valence-electron chi connectivity index (χ1n) is 7.94. The molecule has 0 atom stereocenters. The molecule has 0 bridgehead atoms. The Morgan fingerprint density at radius 2 is 1.44 bits per heavy atom. The molecule has 3 rings (SSSR count). The maximum Gasteiger partial charge on any atom is 0.271 e. The van der Waals surface area contributed by atoms with Crippen LogP contribution in [0.2, 0.25) is 5.02 Å². The van der Waals surface area contributed by atoms with Gasteiger partial charge in [0.1, 0.15) is 0 Å². The summed E-state index contributed by atoms with van der Waals surface area (Å²) in [6.45, 7) is 0. The topological polar surface area (TPSA) is 87.3 Å². The number of rotatable bonds is 6. The Morgan fingerprint density at radius 3 is 2.15 bits per heavy atom. The van der Waals surface area contributed by atoms with Crippen LogP contribution in [0.15, 0.2) is 83.8 Å². The first-order chi connectivity index (χ1) is 13.0. The Kier molecular flexibility index (Phi) is 5.63. The second-order valence-electron chi connectivity index (χ2n) is 5.55. The Labute approximate surface area is 162 Å². The van der Waals surface area contributed by atoms with Crippen molar-refractivity contribution in [3.05, 3.63) is 89.4 Å². The van der Waals surface area contributed by atoms with Crippen LogP contribution >= 0.6 is 11.6 Å². The Bertz CT molecular complexity index is 1040. The van der Waals surface area contributed by atoms with Gasteiger partial charge in [0.05, 0.1) is 21.8 Å². The standard InChI is InChI=1S/C19H16ClN3O3S/c20-14-10-12-16(13-11-14)27(25,26)23-18-9-5-4-8-17(18)19(24)22-21-15-6-2-1-3-7-15/h1-13,21,23H,(H,22,24). The summed E-state index contributed by atoms with van der Waals surface area (Å²) < 4.78 is 27.6. The predicted octanol–water partition coefficient (Wildman–Crippen LogP) is 3.90. The number of amides is 1. The number of hydrazine groups is 1. The maximum atomic E-state index is 12.6. The summed E-state index contributed by atoms with van der Waals surface area (Å²) in [4.78, 5) is 12.5. The van der Waals surface area contributed by atoms with E-state index in [1.54, 1.807) is 24.3 Å². The molecule has 0 aliphatic heterocycles. The number of carbonyl (C=O) groups is 1. The van der Waals surface area contributed by atoms with Crippen molar-refractivity contribution in [1.82, 2.24) is 5.43 Å². The number of carbonyl (C=O) groups excluding carboxylic acids is 1. The molecule has 0 aliphatic rings. The Hall–Kier alpha value is -3.03. The molecule has 0 spiro atoms. The molecule has 0 aromatic heterocycles. The lowest BCUT2D eigenvalue weighted by Crippen LogP contribution is -2.30. The van der Waals surface area contributed by atoms with Crippen LogP contribution in [-0.4, -0.2) is 14.3 Å². The summed E-state index contributed by atoms with van der Waals surface area (Å²) in [5.41, 5.74) is 6.37. The molecule has 0 radical (unpaired) electrons. The van der Waals surface area contributed by atoms with Gasteiger partial charge in [0.25, 0.3) is 15.9 Å². The van der Waals surface area contributed by atoms with E-state index in [0.29, 0.717) is 10.7 Å². The number of nitrogens with one attached hydrogen (secondary N) is 3. The second kappa shape index (κ2) is 8.11. The molecule has 8 heteroatoms. The fourth-order valence-corrected chi connectivity index (χ4v) is 3.51. The van der Waals surface area contributed by atoms with Crippen LogP contribution in [-0.2, 0) is 10.0 Å². The molecule has 0 heterocycles. The van der Waals surface area contributed by atoms with Crippen LogP contribution in [0.5, 0.6) is 0 Å². The molecular formula is C19H16ClN3O3S. The van der Waals surface area contributed by atoms with Crippen molar-refractivity contribution in [2.75, 3.05) is 10.1 Å². The molecule has 0 aliphatic carbocycles. The monoisotopic (exact) mass is 401 g/mol. The average Bonchev–Trinajstić information content (AvgIpc) is 2.67. The summed E-state index contributed by atoms with van der Waals surface area (Å²) in [7, 11) is -3.86. The third-order valence-corrected chi connectivity index (χ3v) is 5.27. The molecule has 3 aromatic carbocycles. The molecule has 138 valence electrons. The SMILES string of the molecule is O=C(NNc1ccccc1)c1ccccc1NS(=O)(=O)c1ccc(Cl)cc1. The quantitative estimate of drug-likeness (QED) is 0.547. The minimum Gasteiger partial charge on any atom is -0.298 e. The molecule has 0 fully saturated rings. The number of anilines is 2. The highest BCUT2D eigenvalue weighted by molar-refractivity contribution is 7.92. The van der Waals surface area contributed by atoms with Crippen LogP contribution in [0.25, 0.3) is 0 Å². The summed E-state index contributed by atoms with van der Waals surface area (Å²) in [6, 6.07) is 21.2. The minimum absolute atomic E-state index is 0.0459. The Morgan fingerprint density at radius 1 is 0.815 bits per heavy atom. The van der Waals surface area contributed by atoms with Crippen molar-refractivity contribution in [2.45, 2.75) is 4.90 Å². The lowest BCUT2D eigenvalue weighted by atomic mass is 10.2. The normalized spacial score (nSPS) is 10.9. The van der Waals surface area contributed by atoms with E-state index in [1.807, 2.05) is 18.2 Å². The molecule has 3 N–H and O–H groups in total. The van der Waals surface area contributed by atoms with Gasteiger partial charge in [-0.2, -0.15) is 0 Å². The lowest BCUT2D eigenvalue weighted by Gasteiger charge is -2.13. The number of sulfonamides is 1. The summed E-state index contributed by atoms with van der Waals surface area (Å²) in [5, 5.41) is 0.431. The predicted molar refractivity (Wildman–Crippen MR) is 106 cm³/mol. The third-order valence-electron chi connectivity index (χ3n) is 3.63. The van der Waals surface area contributed by atoms with Crippen LogP contribution in [0, 0.1) is 0 Å². The highest BCUT2D eigenvalue weighted by atomic mass is 35.5. The second-order valence-corrected chi connectivity index (χ2v) is 7.67. The van der Waals surface area contributed by atoms with Crippen molar-refractivity contribution < 1.29 is 13.2 Å². The van der Waals surface area contributed by atoms with E-state index in [2.05, 4.69) is 15.6 Å². The van der Waals surface area contributed by atoms with Crippen LogP contribution < -0.4 is 15.6 Å². The van der Waals surface area contributed by atoms with E-state index in [4.69, 9.17) is 11.6 Å². The van der Waals surface area contributed by atoms with E-state index in [9.17, 15) is 13.2 Å². The number of hydrogen-bond donors (Lipinski definition) is 3. The minimum atomic E-state index is -3.86. The summed E-state index contributed by atoms with van der Waals surface area (Å²) in [6.07, 6.45) is 0. The zero-order valence-electron chi connectivity index (χ0n) is 14.0. The largest absolute Gasteiger partial charge is 0.298 e. The number of benzene rings is 3. The molecule has 0 saturated carbocycles. The van der Waals surface area contributed by atoms with Crippen LogP contribution in [0.1, 0.15) is 10.4 Å². The molecule has 0 unspecified atom stereocenters. The highest BCUT2D eigenvalue weighted by Crippen LogP contribution is 2.21. The molecule has 0 saturated heterocycles. The van der Waals surface area contributed by atoms with Gasteiger partial charge in [-0.05, 0) is 48.5 Å². The van der Waals surface area contributed by atoms with Crippen molar-refractivity contribution in [2.24, 2.45) is 0 Å². The third kappa shape index (κ3) is 4.78. The summed E-state index contributed by atoms with van der Waals surface area (Å²) in [5.74, 6) is -0.478. The van der Waals surface area contributed by atoms with Gasteiger partial charge in [-0.3, -0.25) is 20.4 Å². The lowest BCUT2D eigenvalue weighted by molar-refractivity contribution is 0.0963. The average molecular weight is 402 g/mol. The van der Waals surface area contributed by atoms with E-state index >= 15 is 0 Å². The molecule has 6 nitrogen and oxygen atoms in total. The van der Waals surface area contributed by atoms with E-state index in [0.717, 1.165) is 0 Å².